The van der Waals surface area contributed by atoms with Gasteiger partial charge in [0.1, 0.15) is 11.5 Å². The quantitative estimate of drug-likeness (QED) is 0.842. The summed E-state index contributed by atoms with van der Waals surface area (Å²) in [5.41, 5.74) is 0.575. The van der Waals surface area contributed by atoms with E-state index < -0.39 is 5.92 Å². The molecule has 2 heterocycles. The molecule has 0 amide bonds. The summed E-state index contributed by atoms with van der Waals surface area (Å²) >= 11 is 0. The first-order valence-electron chi connectivity index (χ1n) is 5.59. The minimum absolute atomic E-state index is 0.0663. The van der Waals surface area contributed by atoms with Crippen LogP contribution >= 0.6 is 0 Å². The Kier molecular flexibility index (Phi) is 2.74. The lowest BCUT2D eigenvalue weighted by Crippen LogP contribution is -2.30. The van der Waals surface area contributed by atoms with Crippen LogP contribution in [0.5, 0.6) is 0 Å². The maximum absolute atomic E-state index is 13.4. The van der Waals surface area contributed by atoms with Crippen molar-refractivity contribution in [2.24, 2.45) is 0 Å². The monoisotopic (exact) mass is 229 g/mol. The zero-order valence-electron chi connectivity index (χ0n) is 9.85. The Morgan fingerprint density at radius 2 is 2.12 bits per heavy atom. The smallest absolute Gasteiger partial charge is 0.288 e. The minimum Gasteiger partial charge on any atom is -0.329 e. The van der Waals surface area contributed by atoms with Crippen molar-refractivity contribution >= 4 is 0 Å². The Labute approximate surface area is 93.9 Å². The number of hydrogen-bond acceptors (Lipinski definition) is 2. The summed E-state index contributed by atoms with van der Waals surface area (Å²) in [5, 5.41) is 3.11. The second-order valence-electron chi connectivity index (χ2n) is 4.64. The molecule has 5 heteroatoms. The molecule has 1 aliphatic heterocycles. The van der Waals surface area contributed by atoms with Gasteiger partial charge >= 0.3 is 0 Å². The van der Waals surface area contributed by atoms with Crippen LogP contribution in [0.15, 0.2) is 0 Å². The molecule has 16 heavy (non-hydrogen) atoms. The molecule has 0 radical (unpaired) electrons. The Balaban J connectivity index is 2.55. The minimum atomic E-state index is -2.86. The lowest BCUT2D eigenvalue weighted by Gasteiger charge is -2.20. The largest absolute Gasteiger partial charge is 0.329 e. The third-order valence-corrected chi connectivity index (χ3v) is 2.84. The van der Waals surface area contributed by atoms with Gasteiger partial charge in [0.15, 0.2) is 0 Å². The number of fused-ring (bicyclic) bond motifs is 1. The lowest BCUT2D eigenvalue weighted by molar-refractivity contribution is 0.0117. The number of hydrogen-bond donors (Lipinski definition) is 1. The lowest BCUT2D eigenvalue weighted by atomic mass is 10.2. The van der Waals surface area contributed by atoms with Gasteiger partial charge in [0.2, 0.25) is 0 Å². The molecule has 0 saturated carbocycles. The van der Waals surface area contributed by atoms with Crippen molar-refractivity contribution in [1.82, 2.24) is 14.9 Å². The standard InChI is InChI=1S/C11H17F2N3/c1-7(2)10-15-9(11(3,12)13)8-6-14-4-5-16(8)10/h7,14H,4-6H2,1-3H3. The highest BCUT2D eigenvalue weighted by Crippen LogP contribution is 2.32. The molecule has 0 aliphatic carbocycles. The predicted molar refractivity (Wildman–Crippen MR) is 57.6 cm³/mol. The van der Waals surface area contributed by atoms with Gasteiger partial charge in [-0.05, 0) is 0 Å². The molecule has 1 N–H and O–H groups in total. The molecule has 0 spiro atoms. The molecular weight excluding hydrogens is 212 g/mol. The maximum Gasteiger partial charge on any atom is 0.288 e. The SMILES string of the molecule is CC(C)c1nc(C(C)(F)F)c2n1CCNC2. The van der Waals surface area contributed by atoms with Crippen LogP contribution < -0.4 is 5.32 Å². The number of alkyl halides is 2. The molecule has 1 aromatic rings. The van der Waals surface area contributed by atoms with Crippen LogP contribution in [-0.4, -0.2) is 16.1 Å². The highest BCUT2D eigenvalue weighted by atomic mass is 19.3. The van der Waals surface area contributed by atoms with Gasteiger partial charge in [0.05, 0.1) is 5.69 Å². The van der Waals surface area contributed by atoms with Crippen LogP contribution in [-0.2, 0) is 19.0 Å². The summed E-state index contributed by atoms with van der Waals surface area (Å²) < 4.78 is 28.8. The summed E-state index contributed by atoms with van der Waals surface area (Å²) in [5.74, 6) is -1.91. The van der Waals surface area contributed by atoms with Crippen molar-refractivity contribution in [3.05, 3.63) is 17.2 Å². The van der Waals surface area contributed by atoms with Gasteiger partial charge in [0, 0.05) is 32.5 Å². The number of aromatic nitrogens is 2. The van der Waals surface area contributed by atoms with Crippen molar-refractivity contribution < 1.29 is 8.78 Å². The molecule has 1 aliphatic rings. The molecule has 1 aromatic heterocycles. The fourth-order valence-electron chi connectivity index (χ4n) is 2.12. The summed E-state index contributed by atoms with van der Waals surface area (Å²) in [7, 11) is 0. The summed E-state index contributed by atoms with van der Waals surface area (Å²) in [6, 6.07) is 0. The number of nitrogens with zero attached hydrogens (tertiary/aromatic N) is 2. The second kappa shape index (κ2) is 3.80. The first-order valence-corrected chi connectivity index (χ1v) is 5.59. The van der Waals surface area contributed by atoms with Crippen LogP contribution in [0.2, 0.25) is 0 Å². The molecule has 90 valence electrons. The zero-order valence-corrected chi connectivity index (χ0v) is 9.85. The molecule has 0 aromatic carbocycles. The molecule has 3 nitrogen and oxygen atoms in total. The van der Waals surface area contributed by atoms with Gasteiger partial charge in [-0.25, -0.2) is 4.98 Å². The van der Waals surface area contributed by atoms with Gasteiger partial charge in [-0.15, -0.1) is 0 Å². The third kappa shape index (κ3) is 1.84. The van der Waals surface area contributed by atoms with Crippen LogP contribution in [0.3, 0.4) is 0 Å². The van der Waals surface area contributed by atoms with E-state index in [0.717, 1.165) is 25.8 Å². The molecule has 0 saturated heterocycles. The predicted octanol–water partition coefficient (Wildman–Crippen LogP) is 2.22. The Morgan fingerprint density at radius 3 is 2.69 bits per heavy atom. The van der Waals surface area contributed by atoms with Gasteiger partial charge in [-0.2, -0.15) is 8.78 Å². The van der Waals surface area contributed by atoms with Gasteiger partial charge in [-0.3, -0.25) is 0 Å². The van der Waals surface area contributed by atoms with Crippen molar-refractivity contribution in [1.29, 1.82) is 0 Å². The van der Waals surface area contributed by atoms with Gasteiger partial charge < -0.3 is 9.88 Å². The Hall–Kier alpha value is -0.970. The van der Waals surface area contributed by atoms with Crippen LogP contribution in [0.1, 0.15) is 43.9 Å². The maximum atomic E-state index is 13.4. The number of nitrogens with one attached hydrogen (secondary N) is 1. The van der Waals surface area contributed by atoms with E-state index in [-0.39, 0.29) is 11.6 Å². The van der Waals surface area contributed by atoms with Crippen LogP contribution in [0.25, 0.3) is 0 Å². The van der Waals surface area contributed by atoms with Crippen molar-refractivity contribution in [2.75, 3.05) is 6.54 Å². The summed E-state index contributed by atoms with van der Waals surface area (Å²) in [4.78, 5) is 4.14. The molecule has 0 fully saturated rings. The van der Waals surface area contributed by atoms with Gasteiger partial charge in [-0.1, -0.05) is 13.8 Å². The molecule has 2 rings (SSSR count). The molecular formula is C11H17F2N3. The van der Waals surface area contributed by atoms with Crippen LogP contribution in [0, 0.1) is 0 Å². The highest BCUT2D eigenvalue weighted by molar-refractivity contribution is 5.24. The van der Waals surface area contributed by atoms with E-state index in [2.05, 4.69) is 10.3 Å². The number of rotatable bonds is 2. The summed E-state index contributed by atoms with van der Waals surface area (Å²) in [6.07, 6.45) is 0. The summed E-state index contributed by atoms with van der Waals surface area (Å²) in [6.45, 7) is 6.90. The zero-order chi connectivity index (χ0) is 11.9. The fraction of sp³-hybridized carbons (Fsp3) is 0.727. The first kappa shape index (κ1) is 11.5. The third-order valence-electron chi connectivity index (χ3n) is 2.84. The second-order valence-corrected chi connectivity index (χ2v) is 4.64. The van der Waals surface area contributed by atoms with Crippen molar-refractivity contribution in [3.63, 3.8) is 0 Å². The van der Waals surface area contributed by atoms with E-state index >= 15 is 0 Å². The fourth-order valence-corrected chi connectivity index (χ4v) is 2.12. The van der Waals surface area contributed by atoms with Crippen molar-refractivity contribution in [2.45, 2.75) is 45.7 Å². The first-order chi connectivity index (χ1) is 7.41. The van der Waals surface area contributed by atoms with Gasteiger partial charge in [0.25, 0.3) is 5.92 Å². The topological polar surface area (TPSA) is 29.9 Å². The molecule has 0 atom stereocenters. The van der Waals surface area contributed by atoms with E-state index in [1.54, 1.807) is 0 Å². The molecule has 0 unspecified atom stereocenters. The van der Waals surface area contributed by atoms with E-state index in [4.69, 9.17) is 0 Å². The number of imidazole rings is 1. The normalized spacial score (nSPS) is 16.6. The van der Waals surface area contributed by atoms with Crippen molar-refractivity contribution in [3.8, 4) is 0 Å². The van der Waals surface area contributed by atoms with E-state index in [0.29, 0.717) is 12.2 Å². The Bertz CT molecular complexity index is 391. The molecule has 0 bridgehead atoms. The van der Waals surface area contributed by atoms with E-state index in [9.17, 15) is 8.78 Å². The average Bonchev–Trinajstić information content (AvgIpc) is 2.56. The van der Waals surface area contributed by atoms with E-state index in [1.807, 2.05) is 18.4 Å². The van der Waals surface area contributed by atoms with E-state index in [1.165, 1.54) is 0 Å². The number of halogens is 2. The Morgan fingerprint density at radius 1 is 1.44 bits per heavy atom. The average molecular weight is 229 g/mol. The van der Waals surface area contributed by atoms with Crippen LogP contribution in [0.4, 0.5) is 8.78 Å². The highest BCUT2D eigenvalue weighted by Gasteiger charge is 2.34.